The molecule has 22 heavy (non-hydrogen) atoms. The number of amides is 1. The molecule has 0 radical (unpaired) electrons. The molecule has 1 aliphatic rings. The molecule has 1 heterocycles. The van der Waals surface area contributed by atoms with E-state index in [0.29, 0.717) is 19.0 Å². The zero-order chi connectivity index (χ0) is 15.2. The number of hydrogen-bond acceptors (Lipinski definition) is 4. The van der Waals surface area contributed by atoms with Crippen molar-refractivity contribution in [1.29, 1.82) is 0 Å². The summed E-state index contributed by atoms with van der Waals surface area (Å²) in [4.78, 5) is 12.3. The molecule has 0 aliphatic carbocycles. The Bertz CT molecular complexity index is 508. The van der Waals surface area contributed by atoms with Gasteiger partial charge in [-0.2, -0.15) is 0 Å². The maximum atomic E-state index is 12.3. The molecule has 1 aromatic rings. The third-order valence-electron chi connectivity index (χ3n) is 3.66. The van der Waals surface area contributed by atoms with Gasteiger partial charge in [0.05, 0.1) is 6.04 Å². The molecular weight excluding hydrogens is 304 g/mol. The van der Waals surface area contributed by atoms with Gasteiger partial charge in [-0.3, -0.25) is 4.79 Å². The first-order chi connectivity index (χ1) is 10.2. The number of unbranched alkanes of at least 4 members (excludes halogenated alkanes) is 1. The van der Waals surface area contributed by atoms with E-state index in [9.17, 15) is 4.79 Å². The van der Waals surface area contributed by atoms with Crippen molar-refractivity contribution in [2.24, 2.45) is 0 Å². The summed E-state index contributed by atoms with van der Waals surface area (Å²) in [5.41, 5.74) is 1.75. The van der Waals surface area contributed by atoms with Gasteiger partial charge in [0.15, 0.2) is 11.5 Å². The average molecular weight is 328 g/mol. The number of likely N-dealkylation sites (N-methyl/N-ethyl adjacent to an activating group) is 1. The van der Waals surface area contributed by atoms with E-state index in [1.165, 1.54) is 0 Å². The van der Waals surface area contributed by atoms with Crippen LogP contribution in [0.5, 0.6) is 11.5 Å². The largest absolute Gasteiger partial charge is 1.00 e. The highest BCUT2D eigenvalue weighted by molar-refractivity contribution is 5.95. The van der Waals surface area contributed by atoms with E-state index in [1.54, 1.807) is 0 Å². The molecule has 0 aromatic heterocycles. The summed E-state index contributed by atoms with van der Waals surface area (Å²) in [6.07, 6.45) is 2.94. The SMILES string of the molecule is CCCCC(NC)C(=O)Nc1cc2c(cc1C)OCCO2.[Cl-]. The van der Waals surface area contributed by atoms with E-state index in [1.807, 2.05) is 26.1 Å². The van der Waals surface area contributed by atoms with E-state index < -0.39 is 0 Å². The van der Waals surface area contributed by atoms with Gasteiger partial charge in [0, 0.05) is 11.8 Å². The van der Waals surface area contributed by atoms with Gasteiger partial charge in [0.1, 0.15) is 13.2 Å². The molecule has 5 nitrogen and oxygen atoms in total. The maximum absolute atomic E-state index is 12.3. The molecule has 1 aliphatic heterocycles. The number of ether oxygens (including phenoxy) is 2. The number of carbonyl (C=O) groups is 1. The van der Waals surface area contributed by atoms with Crippen LogP contribution in [-0.4, -0.2) is 32.2 Å². The van der Waals surface area contributed by atoms with Gasteiger partial charge in [-0.15, -0.1) is 0 Å². The molecule has 2 N–H and O–H groups in total. The van der Waals surface area contributed by atoms with E-state index >= 15 is 0 Å². The van der Waals surface area contributed by atoms with Crippen LogP contribution in [0.2, 0.25) is 0 Å². The molecule has 0 fully saturated rings. The molecule has 1 aromatic carbocycles. The van der Waals surface area contributed by atoms with E-state index in [-0.39, 0.29) is 24.4 Å². The molecule has 6 heteroatoms. The lowest BCUT2D eigenvalue weighted by atomic mass is 10.1. The first kappa shape index (κ1) is 18.6. The highest BCUT2D eigenvalue weighted by Crippen LogP contribution is 2.35. The Morgan fingerprint density at radius 1 is 1.27 bits per heavy atom. The number of carbonyl (C=O) groups excluding carboxylic acids is 1. The summed E-state index contributed by atoms with van der Waals surface area (Å²) >= 11 is 0. The van der Waals surface area contributed by atoms with Crippen LogP contribution in [0, 0.1) is 6.92 Å². The molecule has 1 amide bonds. The number of hydrogen-bond donors (Lipinski definition) is 2. The van der Waals surface area contributed by atoms with Crippen LogP contribution in [0.1, 0.15) is 31.7 Å². The lowest BCUT2D eigenvalue weighted by molar-refractivity contribution is -0.118. The summed E-state index contributed by atoms with van der Waals surface area (Å²) < 4.78 is 11.1. The fraction of sp³-hybridized carbons (Fsp3) is 0.562. The normalized spacial score (nSPS) is 14.0. The standard InChI is InChI=1S/C16H24N2O3.ClH/c1-4-5-6-12(17-3)16(19)18-13-10-15-14(9-11(13)2)20-7-8-21-15;/h9-10,12,17H,4-8H2,1-3H3,(H,18,19);1H/p-1. The summed E-state index contributed by atoms with van der Waals surface area (Å²) in [6, 6.07) is 3.58. The van der Waals surface area contributed by atoms with Gasteiger partial charge in [-0.25, -0.2) is 0 Å². The molecule has 0 bridgehead atoms. The van der Waals surface area contributed by atoms with Crippen LogP contribution in [0.3, 0.4) is 0 Å². The van der Waals surface area contributed by atoms with E-state index in [2.05, 4.69) is 17.6 Å². The molecule has 2 rings (SSSR count). The van der Waals surface area contributed by atoms with E-state index in [4.69, 9.17) is 9.47 Å². The number of benzene rings is 1. The third kappa shape index (κ3) is 4.52. The van der Waals surface area contributed by atoms with Crippen molar-refractivity contribution in [1.82, 2.24) is 5.32 Å². The highest BCUT2D eigenvalue weighted by atomic mass is 35.5. The van der Waals surface area contributed by atoms with Crippen molar-refractivity contribution in [2.75, 3.05) is 25.6 Å². The Morgan fingerprint density at radius 2 is 1.91 bits per heavy atom. The number of anilines is 1. The Morgan fingerprint density at radius 3 is 2.50 bits per heavy atom. The minimum Gasteiger partial charge on any atom is -1.00 e. The van der Waals surface area contributed by atoms with Crippen molar-refractivity contribution in [3.63, 3.8) is 0 Å². The molecule has 0 saturated heterocycles. The first-order valence-electron chi connectivity index (χ1n) is 7.54. The third-order valence-corrected chi connectivity index (χ3v) is 3.66. The molecule has 124 valence electrons. The van der Waals surface area contributed by atoms with Gasteiger partial charge in [-0.1, -0.05) is 19.8 Å². The average Bonchev–Trinajstić information content (AvgIpc) is 2.49. The second-order valence-electron chi connectivity index (χ2n) is 5.28. The Balaban J connectivity index is 0.00000242. The summed E-state index contributed by atoms with van der Waals surface area (Å²) in [5, 5.41) is 6.05. The lowest BCUT2D eigenvalue weighted by Gasteiger charge is -2.21. The van der Waals surface area contributed by atoms with Gasteiger partial charge in [-0.05, 0) is 32.0 Å². The Kier molecular flexibility index (Phi) is 7.48. The van der Waals surface area contributed by atoms with Gasteiger partial charge in [0.2, 0.25) is 5.91 Å². The number of aryl methyl sites for hydroxylation is 1. The summed E-state index contributed by atoms with van der Waals surface area (Å²) in [6.45, 7) is 5.18. The summed E-state index contributed by atoms with van der Waals surface area (Å²) in [5.74, 6) is 1.43. The summed E-state index contributed by atoms with van der Waals surface area (Å²) in [7, 11) is 1.82. The second kappa shape index (κ2) is 8.86. The smallest absolute Gasteiger partial charge is 0.241 e. The van der Waals surface area contributed by atoms with Crippen LogP contribution >= 0.6 is 0 Å². The van der Waals surface area contributed by atoms with Crippen molar-refractivity contribution < 1.29 is 26.7 Å². The topological polar surface area (TPSA) is 59.6 Å². The lowest BCUT2D eigenvalue weighted by Crippen LogP contribution is -3.00. The molecule has 0 saturated carbocycles. The quantitative estimate of drug-likeness (QED) is 0.739. The van der Waals surface area contributed by atoms with Gasteiger partial charge >= 0.3 is 0 Å². The number of rotatable bonds is 6. The van der Waals surface area contributed by atoms with Crippen LogP contribution in [0.4, 0.5) is 5.69 Å². The molecule has 1 unspecified atom stereocenters. The van der Waals surface area contributed by atoms with Crippen molar-refractivity contribution in [2.45, 2.75) is 39.2 Å². The minimum absolute atomic E-state index is 0. The van der Waals surface area contributed by atoms with Crippen molar-refractivity contribution >= 4 is 11.6 Å². The monoisotopic (exact) mass is 327 g/mol. The molecular formula is C16H24ClN2O3-. The fourth-order valence-corrected chi connectivity index (χ4v) is 2.36. The zero-order valence-electron chi connectivity index (χ0n) is 13.4. The predicted molar refractivity (Wildman–Crippen MR) is 83.2 cm³/mol. The number of nitrogens with one attached hydrogen (secondary N) is 2. The zero-order valence-corrected chi connectivity index (χ0v) is 14.1. The Labute approximate surface area is 138 Å². The second-order valence-corrected chi connectivity index (χ2v) is 5.28. The Hall–Kier alpha value is -1.46. The number of fused-ring (bicyclic) bond motifs is 1. The van der Waals surface area contributed by atoms with Crippen LogP contribution < -0.4 is 32.5 Å². The van der Waals surface area contributed by atoms with E-state index in [0.717, 1.165) is 36.3 Å². The first-order valence-corrected chi connectivity index (χ1v) is 7.54. The molecule has 0 spiro atoms. The van der Waals surface area contributed by atoms with Crippen molar-refractivity contribution in [3.8, 4) is 11.5 Å². The highest BCUT2D eigenvalue weighted by Gasteiger charge is 2.19. The van der Waals surface area contributed by atoms with Gasteiger partial charge < -0.3 is 32.5 Å². The minimum atomic E-state index is -0.169. The predicted octanol–water partition coefficient (Wildman–Crippen LogP) is -0.513. The number of halogens is 1. The van der Waals surface area contributed by atoms with Crippen molar-refractivity contribution in [3.05, 3.63) is 17.7 Å². The van der Waals surface area contributed by atoms with Crippen LogP contribution in [-0.2, 0) is 4.79 Å². The van der Waals surface area contributed by atoms with Crippen LogP contribution in [0.25, 0.3) is 0 Å². The maximum Gasteiger partial charge on any atom is 0.241 e. The fourth-order valence-electron chi connectivity index (χ4n) is 2.36. The van der Waals surface area contributed by atoms with Gasteiger partial charge in [0.25, 0.3) is 0 Å². The van der Waals surface area contributed by atoms with Crippen LogP contribution in [0.15, 0.2) is 12.1 Å². The molecule has 1 atom stereocenters.